The number of hydrogen-bond donors (Lipinski definition) is 0. The van der Waals surface area contributed by atoms with Crippen LogP contribution in [0.15, 0.2) is 340 Å². The molecule has 0 radical (unpaired) electrons. The third kappa shape index (κ3) is 8.53. The van der Waals surface area contributed by atoms with Gasteiger partial charge >= 0.3 is 0 Å². The van der Waals surface area contributed by atoms with E-state index in [0.29, 0.717) is 0 Å². The summed E-state index contributed by atoms with van der Waals surface area (Å²) in [6.07, 6.45) is 10.2. The summed E-state index contributed by atoms with van der Waals surface area (Å²) in [7, 11) is 0. The summed E-state index contributed by atoms with van der Waals surface area (Å²) in [5, 5.41) is 23.3. The van der Waals surface area contributed by atoms with E-state index in [1.807, 2.05) is 18.5 Å². The topological polar surface area (TPSA) is 71.3 Å². The number of aromatic nitrogens is 8. The molecule has 0 N–H and O–H groups in total. The molecule has 0 saturated carbocycles. The van der Waals surface area contributed by atoms with Crippen LogP contribution in [0.3, 0.4) is 0 Å². The van der Waals surface area contributed by atoms with Crippen molar-refractivity contribution in [1.29, 1.82) is 0 Å². The minimum atomic E-state index is 0.760. The maximum atomic E-state index is 5.99. The predicted molar refractivity (Wildman–Crippen MR) is 459 cm³/mol. The highest BCUT2D eigenvalue weighted by Crippen LogP contribution is 2.55. The molecule has 8 heteroatoms. The van der Waals surface area contributed by atoms with Crippen molar-refractivity contribution < 1.29 is 0 Å². The monoisotopic (exact) mass is 1390 g/mol. The van der Waals surface area contributed by atoms with Gasteiger partial charge in [-0.25, -0.2) is 15.0 Å². The lowest BCUT2D eigenvalue weighted by atomic mass is 9.86. The average molecular weight is 1390 g/mol. The fraction of sp³-hybridized carbons (Fsp3) is 0.00990. The van der Waals surface area contributed by atoms with Gasteiger partial charge in [0.05, 0.1) is 72.8 Å². The number of allylic oxidation sites excluding steroid dienone is 1. The zero-order valence-corrected chi connectivity index (χ0v) is 59.2. The lowest BCUT2D eigenvalue weighted by Crippen LogP contribution is -2.04. The van der Waals surface area contributed by atoms with Crippen molar-refractivity contribution in [3.05, 3.63) is 352 Å². The van der Waals surface area contributed by atoms with Crippen LogP contribution in [0.4, 0.5) is 0 Å². The van der Waals surface area contributed by atoms with Crippen molar-refractivity contribution >= 4 is 175 Å². The van der Waals surface area contributed by atoms with Crippen molar-refractivity contribution in [3.63, 3.8) is 0 Å². The number of rotatable bonds is 9. The van der Waals surface area contributed by atoms with Crippen molar-refractivity contribution in [2.45, 2.75) is 6.92 Å². The van der Waals surface area contributed by atoms with Gasteiger partial charge in [-0.15, -0.1) is 0 Å². The van der Waals surface area contributed by atoms with E-state index in [2.05, 4.69) is 353 Å². The van der Waals surface area contributed by atoms with Crippen LogP contribution in [-0.4, -0.2) is 38.2 Å². The molecule has 0 unspecified atom stereocenters. The molecule has 0 atom stereocenters. The number of benzene rings is 15. The molecule has 8 heterocycles. The van der Waals surface area contributed by atoms with Crippen LogP contribution in [0.1, 0.15) is 18.2 Å². The Bertz CT molecular complexity index is 7920. The number of fused-ring (bicyclic) bond motifs is 30. The van der Waals surface area contributed by atoms with E-state index in [9.17, 15) is 0 Å². The summed E-state index contributed by atoms with van der Waals surface area (Å²) in [6.45, 7) is 6.81. The Kier molecular flexibility index (Phi) is 13.1. The van der Waals surface area contributed by atoms with E-state index < -0.39 is 0 Å². The van der Waals surface area contributed by atoms with Crippen LogP contribution >= 0.6 is 0 Å². The smallest absolute Gasteiger partial charge is 0.139 e. The Morgan fingerprint density at radius 1 is 0.303 bits per heavy atom. The van der Waals surface area contributed by atoms with E-state index in [4.69, 9.17) is 26.5 Å². The number of nitrogens with zero attached hydrogens (tertiary/aromatic N) is 8. The van der Waals surface area contributed by atoms with Crippen LogP contribution in [0.25, 0.3) is 232 Å². The Labute approximate surface area is 624 Å². The Hall–Kier alpha value is -14.6. The molecule has 8 aromatic heterocycles. The number of para-hydroxylation sites is 5. The molecular weight excluding hydrogens is 1330 g/mol. The van der Waals surface area contributed by atoms with Gasteiger partial charge in [-0.3, -0.25) is 14.1 Å². The summed E-state index contributed by atoms with van der Waals surface area (Å²) >= 11 is 0. The lowest BCUT2D eigenvalue weighted by Gasteiger charge is -2.19. The van der Waals surface area contributed by atoms with Crippen LogP contribution in [0.5, 0.6) is 0 Å². The van der Waals surface area contributed by atoms with Gasteiger partial charge in [0.15, 0.2) is 0 Å². The molecule has 8 nitrogen and oxygen atoms in total. The largest absolute Gasteiger partial charge is 0.307 e. The van der Waals surface area contributed by atoms with Crippen LogP contribution in [0, 0.1) is 0 Å². The first-order chi connectivity index (χ1) is 54.1. The minimum absolute atomic E-state index is 0.760. The zero-order valence-electron chi connectivity index (χ0n) is 59.2. The van der Waals surface area contributed by atoms with Crippen molar-refractivity contribution in [1.82, 2.24) is 38.2 Å². The van der Waals surface area contributed by atoms with Gasteiger partial charge in [0.25, 0.3) is 0 Å². The average Bonchev–Trinajstić information content (AvgIpc) is 1.54. The molecule has 0 amide bonds. The molecule has 0 aliphatic carbocycles. The van der Waals surface area contributed by atoms with Crippen molar-refractivity contribution in [3.8, 4) is 56.5 Å². The van der Waals surface area contributed by atoms with Gasteiger partial charge in [-0.2, -0.15) is 0 Å². The molecule has 0 aliphatic heterocycles. The molecular formula is C101H62N8. The molecule has 23 aromatic rings. The Balaban J connectivity index is 0.844. The normalized spacial score (nSPS) is 12.3. The molecule has 0 aliphatic rings. The summed E-state index contributed by atoms with van der Waals surface area (Å²) in [5.41, 5.74) is 20.1. The Morgan fingerprint density at radius 2 is 0.725 bits per heavy atom. The van der Waals surface area contributed by atoms with Gasteiger partial charge in [0.2, 0.25) is 0 Å². The fourth-order valence-electron chi connectivity index (χ4n) is 18.8. The highest BCUT2D eigenvalue weighted by Gasteiger charge is 2.32. The summed E-state index contributed by atoms with van der Waals surface area (Å²) in [4.78, 5) is 22.3. The van der Waals surface area contributed by atoms with Gasteiger partial charge in [-0.05, 0) is 146 Å². The predicted octanol–water partition coefficient (Wildman–Crippen LogP) is 26.4. The molecule has 109 heavy (non-hydrogen) atoms. The van der Waals surface area contributed by atoms with Crippen LogP contribution in [-0.2, 0) is 0 Å². The first-order valence-corrected chi connectivity index (χ1v) is 37.3. The van der Waals surface area contributed by atoms with Crippen LogP contribution < -0.4 is 0 Å². The minimum Gasteiger partial charge on any atom is -0.307 e. The first kappa shape index (κ1) is 60.8. The third-order valence-corrected chi connectivity index (χ3v) is 23.0. The summed E-state index contributed by atoms with van der Waals surface area (Å²) in [5.74, 6) is 1.55. The van der Waals surface area contributed by atoms with E-state index in [0.717, 1.165) is 177 Å². The second-order valence-electron chi connectivity index (χ2n) is 28.6. The zero-order chi connectivity index (χ0) is 71.7. The van der Waals surface area contributed by atoms with Crippen LogP contribution in [0.2, 0.25) is 0 Å². The quantitative estimate of drug-likeness (QED) is 0.135. The summed E-state index contributed by atoms with van der Waals surface area (Å²) in [6, 6.07) is 115. The lowest BCUT2D eigenvalue weighted by molar-refractivity contribution is 1.04. The standard InChI is InChI=1S/C101H62N8/c1-3-30-72-82(4-2)108(86-57-77(60-31-9-5-10-32-60)66-55-56-102-59-81(66)104-86)100-93(72)92-76-49-29-48-71(88(76)69-43-21-22-44-70(69)91(92)95-74-46-24-27-51-84(74)106(98(95)100)62-35-13-7-14-36-62)79-53-54-80-97(105-79)78(61-33-11-6-12-34-61)58-87(103-80)109-85-52-28-25-47-75(85)96-90-68-42-20-18-40-65(68)64-39-17-19-41-67(64)89(90)94-73-45-23-26-50-83(73)107(99(94)101(96)109)63-37-15-8-16-38-63/h3-59H,2H2,1H3/b30-3-. The molecule has 23 rings (SSSR count). The highest BCUT2D eigenvalue weighted by atomic mass is 15.1. The molecule has 0 saturated heterocycles. The highest BCUT2D eigenvalue weighted by molar-refractivity contribution is 6.47. The summed E-state index contributed by atoms with van der Waals surface area (Å²) < 4.78 is 9.83. The van der Waals surface area contributed by atoms with E-state index in [1.54, 1.807) is 0 Å². The maximum Gasteiger partial charge on any atom is 0.139 e. The molecule has 506 valence electrons. The fourth-order valence-corrected chi connectivity index (χ4v) is 18.8. The number of pyridine rings is 4. The van der Waals surface area contributed by atoms with Crippen molar-refractivity contribution in [2.75, 3.05) is 0 Å². The third-order valence-electron chi connectivity index (χ3n) is 23.0. The molecule has 0 fully saturated rings. The van der Waals surface area contributed by atoms with E-state index in [1.165, 1.54) is 53.9 Å². The van der Waals surface area contributed by atoms with Gasteiger partial charge < -0.3 is 9.13 Å². The second-order valence-corrected chi connectivity index (χ2v) is 28.6. The SMILES string of the molecule is C=Cc1c(/C=C\C)c2c3c4cccc(-c5ccc6nc(-n7c8ccccc8c8c9c%10ccccc%10c%10ccccc%10c9c9c%10ccccc%10n(-c%10ccccc%10)c9c87)cc(-c7ccccc7)c6n5)c4c4ccccc4c3c3c4ccccc4n(-c4ccccc4)c3c2n1-c1cc(-c2ccccc2)c2ccncc2n1. The maximum absolute atomic E-state index is 5.99. The van der Waals surface area contributed by atoms with Gasteiger partial charge in [-0.1, -0.05) is 261 Å². The van der Waals surface area contributed by atoms with Gasteiger partial charge in [0.1, 0.15) is 11.6 Å². The van der Waals surface area contributed by atoms with Crippen molar-refractivity contribution in [2.24, 2.45) is 0 Å². The van der Waals surface area contributed by atoms with E-state index in [-0.39, 0.29) is 0 Å². The molecule has 15 aromatic carbocycles. The van der Waals surface area contributed by atoms with Gasteiger partial charge in [0, 0.05) is 98.9 Å². The first-order valence-electron chi connectivity index (χ1n) is 37.3. The second kappa shape index (κ2) is 23.5. The Morgan fingerprint density at radius 3 is 1.28 bits per heavy atom. The molecule has 0 bridgehead atoms. The molecule has 0 spiro atoms. The number of hydrogen-bond acceptors (Lipinski definition) is 4. The van der Waals surface area contributed by atoms with E-state index >= 15 is 0 Å².